The Labute approximate surface area is 198 Å². The average molecular weight is 488 g/mol. The van der Waals surface area contributed by atoms with Gasteiger partial charge in [0.05, 0.1) is 22.5 Å². The van der Waals surface area contributed by atoms with Gasteiger partial charge in [-0.3, -0.25) is 29.6 Å². The van der Waals surface area contributed by atoms with E-state index in [1.54, 1.807) is 16.7 Å². The molecule has 0 unspecified atom stereocenters. The second-order valence-corrected chi connectivity index (χ2v) is 10.0. The van der Waals surface area contributed by atoms with E-state index in [1.807, 2.05) is 38.1 Å². The van der Waals surface area contributed by atoms with Crippen molar-refractivity contribution in [1.82, 2.24) is 24.3 Å². The molecule has 0 bridgehead atoms. The van der Waals surface area contributed by atoms with Gasteiger partial charge < -0.3 is 0 Å². The summed E-state index contributed by atoms with van der Waals surface area (Å²) < 4.78 is 29.3. The van der Waals surface area contributed by atoms with Crippen molar-refractivity contribution < 1.29 is 18.0 Å². The van der Waals surface area contributed by atoms with Crippen LogP contribution < -0.4 is 16.5 Å². The van der Waals surface area contributed by atoms with Crippen molar-refractivity contribution in [3.63, 3.8) is 0 Å². The number of hydrogen-bond donors (Lipinski definition) is 2. The smallest absolute Gasteiger partial charge is 0.292 e. The summed E-state index contributed by atoms with van der Waals surface area (Å²) in [4.78, 5) is 37.3. The Morgan fingerprint density at radius 2 is 1.47 bits per heavy atom. The molecular weight excluding hydrogens is 458 g/mol. The first kappa shape index (κ1) is 25.2. The second kappa shape index (κ2) is 10.7. The summed E-state index contributed by atoms with van der Waals surface area (Å²) in [6, 6.07) is 13.7. The van der Waals surface area contributed by atoms with Gasteiger partial charge in [0.15, 0.2) is 0 Å². The van der Waals surface area contributed by atoms with Gasteiger partial charge in [-0.25, -0.2) is 13.2 Å². The molecule has 182 valence electrons. The van der Waals surface area contributed by atoms with Gasteiger partial charge in [-0.15, -0.1) is 0 Å². The first-order valence-electron chi connectivity index (χ1n) is 10.9. The summed E-state index contributed by atoms with van der Waals surface area (Å²) in [5.74, 6) is -1.19. The molecule has 3 rings (SSSR count). The van der Waals surface area contributed by atoms with E-state index in [2.05, 4.69) is 10.9 Å². The van der Waals surface area contributed by atoms with Gasteiger partial charge in [0, 0.05) is 26.6 Å². The monoisotopic (exact) mass is 487 g/mol. The quantitative estimate of drug-likeness (QED) is 0.442. The number of likely N-dealkylation sites (N-methyl/N-ethyl adjacent to an activating group) is 1. The van der Waals surface area contributed by atoms with E-state index in [0.29, 0.717) is 6.54 Å². The molecule has 0 aliphatic heterocycles. The Morgan fingerprint density at radius 3 is 2.06 bits per heavy atom. The highest BCUT2D eigenvalue weighted by Gasteiger charge is 2.23. The van der Waals surface area contributed by atoms with Crippen molar-refractivity contribution >= 4 is 32.9 Å². The molecule has 34 heavy (non-hydrogen) atoms. The maximum Gasteiger partial charge on any atom is 0.329 e. The Hall–Kier alpha value is -3.44. The number of nitrogens with zero attached hydrogens (tertiary/aromatic N) is 3. The number of aryl methyl sites for hydroxylation is 3. The highest BCUT2D eigenvalue weighted by atomic mass is 32.2. The molecule has 1 heterocycles. The zero-order chi connectivity index (χ0) is 24.9. The van der Waals surface area contributed by atoms with Gasteiger partial charge in [0.25, 0.3) is 5.91 Å². The van der Waals surface area contributed by atoms with Crippen LogP contribution in [0.25, 0.3) is 11.0 Å². The van der Waals surface area contributed by atoms with Crippen LogP contribution in [0, 0.1) is 6.92 Å². The van der Waals surface area contributed by atoms with Crippen LogP contribution in [0.5, 0.6) is 0 Å². The molecule has 0 saturated heterocycles. The zero-order valence-corrected chi connectivity index (χ0v) is 20.3. The summed E-state index contributed by atoms with van der Waals surface area (Å²) in [6.07, 6.45) is 0.756. The van der Waals surface area contributed by atoms with Crippen molar-refractivity contribution in [3.05, 3.63) is 64.6 Å². The van der Waals surface area contributed by atoms with Crippen molar-refractivity contribution in [2.45, 2.75) is 44.7 Å². The molecule has 0 saturated carbocycles. The summed E-state index contributed by atoms with van der Waals surface area (Å²) >= 11 is 0. The lowest BCUT2D eigenvalue weighted by atomic mass is 10.2. The van der Waals surface area contributed by atoms with Crippen LogP contribution in [-0.4, -0.2) is 47.3 Å². The standard InChI is InChI=1S/C23H29N5O5S/c1-4-14-27-19-7-5-6-8-20(19)28(23(27)31)15-13-21(29)24-25-22(30)16-26(3)34(32,33)18-11-9-17(2)10-12-18/h5-12H,4,13-16H2,1-3H3,(H,24,29)(H,25,30). The number of carbonyl (C=O) groups excluding carboxylic acids is 2. The number of hydrogen-bond acceptors (Lipinski definition) is 5. The molecule has 3 aromatic rings. The first-order valence-corrected chi connectivity index (χ1v) is 12.4. The number of fused-ring (bicyclic) bond motifs is 1. The maximum absolute atomic E-state index is 12.8. The van der Waals surface area contributed by atoms with Gasteiger partial charge in [-0.1, -0.05) is 36.8 Å². The molecule has 0 aliphatic carbocycles. The average Bonchev–Trinajstić information content (AvgIpc) is 3.07. The molecular formula is C23H29N5O5S. The Balaban J connectivity index is 1.55. The summed E-state index contributed by atoms with van der Waals surface area (Å²) in [5, 5.41) is 0. The van der Waals surface area contributed by atoms with Crippen LogP contribution >= 0.6 is 0 Å². The summed E-state index contributed by atoms with van der Waals surface area (Å²) in [5.41, 5.74) is 6.76. The molecule has 0 aliphatic rings. The number of benzene rings is 2. The minimum absolute atomic E-state index is 0.0438. The van der Waals surface area contributed by atoms with E-state index in [4.69, 9.17) is 0 Å². The van der Waals surface area contributed by atoms with Gasteiger partial charge in [-0.05, 0) is 37.6 Å². The second-order valence-electron chi connectivity index (χ2n) is 8.00. The fraction of sp³-hybridized carbons (Fsp3) is 0.348. The van der Waals surface area contributed by atoms with Crippen LogP contribution in [-0.2, 0) is 32.7 Å². The highest BCUT2D eigenvalue weighted by Crippen LogP contribution is 2.15. The third-order valence-electron chi connectivity index (χ3n) is 5.37. The lowest BCUT2D eigenvalue weighted by Crippen LogP contribution is -2.47. The molecule has 0 spiro atoms. The van der Waals surface area contributed by atoms with Crippen LogP contribution in [0.15, 0.2) is 58.2 Å². The fourth-order valence-electron chi connectivity index (χ4n) is 3.56. The third-order valence-corrected chi connectivity index (χ3v) is 7.19. The number of aromatic nitrogens is 2. The SMILES string of the molecule is CCCn1c(=O)n(CCC(=O)NNC(=O)CN(C)S(=O)(=O)c2ccc(C)cc2)c2ccccc21. The number of hydrazine groups is 1. The number of amides is 2. The molecule has 2 N–H and O–H groups in total. The number of sulfonamides is 1. The predicted molar refractivity (Wildman–Crippen MR) is 128 cm³/mol. The topological polar surface area (TPSA) is 123 Å². The highest BCUT2D eigenvalue weighted by molar-refractivity contribution is 7.89. The number of imidazole rings is 1. The van der Waals surface area contributed by atoms with Gasteiger partial charge in [0.2, 0.25) is 15.9 Å². The molecule has 0 radical (unpaired) electrons. The lowest BCUT2D eigenvalue weighted by Gasteiger charge is -2.17. The lowest BCUT2D eigenvalue weighted by molar-refractivity contribution is -0.129. The predicted octanol–water partition coefficient (Wildman–Crippen LogP) is 1.38. The van der Waals surface area contributed by atoms with E-state index in [0.717, 1.165) is 27.3 Å². The van der Waals surface area contributed by atoms with Crippen molar-refractivity contribution in [2.75, 3.05) is 13.6 Å². The molecule has 0 fully saturated rings. The van der Waals surface area contributed by atoms with Gasteiger partial charge >= 0.3 is 5.69 Å². The normalized spacial score (nSPS) is 11.6. The third kappa shape index (κ3) is 5.54. The number of rotatable bonds is 9. The van der Waals surface area contributed by atoms with E-state index >= 15 is 0 Å². The van der Waals surface area contributed by atoms with Gasteiger partial charge in [0.1, 0.15) is 0 Å². The van der Waals surface area contributed by atoms with E-state index in [1.165, 1.54) is 23.7 Å². The van der Waals surface area contributed by atoms with Gasteiger partial charge in [-0.2, -0.15) is 4.31 Å². The van der Waals surface area contributed by atoms with E-state index in [9.17, 15) is 22.8 Å². The Morgan fingerprint density at radius 1 is 0.912 bits per heavy atom. The molecule has 2 aromatic carbocycles. The summed E-state index contributed by atoms with van der Waals surface area (Å²) in [7, 11) is -2.56. The van der Waals surface area contributed by atoms with E-state index < -0.39 is 28.4 Å². The van der Waals surface area contributed by atoms with E-state index in [-0.39, 0.29) is 23.6 Å². The largest absolute Gasteiger partial charge is 0.329 e. The molecule has 1 aromatic heterocycles. The van der Waals surface area contributed by atoms with Crippen molar-refractivity contribution in [1.29, 1.82) is 0 Å². The minimum atomic E-state index is -3.84. The van der Waals surface area contributed by atoms with Crippen molar-refractivity contribution in [3.8, 4) is 0 Å². The number of nitrogens with one attached hydrogen (secondary N) is 2. The molecule has 2 amide bonds. The molecule has 11 heteroatoms. The van der Waals surface area contributed by atoms with Crippen LogP contribution in [0.4, 0.5) is 0 Å². The minimum Gasteiger partial charge on any atom is -0.292 e. The van der Waals surface area contributed by atoms with Crippen molar-refractivity contribution in [2.24, 2.45) is 0 Å². The van der Waals surface area contributed by atoms with Crippen LogP contribution in [0.2, 0.25) is 0 Å². The maximum atomic E-state index is 12.8. The first-order chi connectivity index (χ1) is 16.1. The van der Waals surface area contributed by atoms with Crippen LogP contribution in [0.3, 0.4) is 0 Å². The molecule has 0 atom stereocenters. The number of para-hydroxylation sites is 2. The number of carbonyl (C=O) groups is 2. The summed E-state index contributed by atoms with van der Waals surface area (Å²) in [6.45, 7) is 4.07. The molecule has 10 nitrogen and oxygen atoms in total. The Kier molecular flexibility index (Phi) is 7.90. The fourth-order valence-corrected chi connectivity index (χ4v) is 4.69. The zero-order valence-electron chi connectivity index (χ0n) is 19.4. The van der Waals surface area contributed by atoms with Crippen LogP contribution in [0.1, 0.15) is 25.3 Å². The Bertz CT molecular complexity index is 1340.